The number of nitrogens with zero attached hydrogens (tertiary/aromatic N) is 1. The van der Waals surface area contributed by atoms with Crippen molar-refractivity contribution in [2.24, 2.45) is 0 Å². The number of rotatable bonds is 3. The van der Waals surface area contributed by atoms with Crippen LogP contribution in [0.15, 0.2) is 12.0 Å². The second kappa shape index (κ2) is 4.24. The highest BCUT2D eigenvalue weighted by Gasteiger charge is 2.24. The molecule has 0 saturated heterocycles. The summed E-state index contributed by atoms with van der Waals surface area (Å²) < 4.78 is 24.3. The van der Waals surface area contributed by atoms with E-state index in [0.29, 0.717) is 0 Å². The van der Waals surface area contributed by atoms with Crippen molar-refractivity contribution in [1.29, 1.82) is 0 Å². The van der Waals surface area contributed by atoms with Crippen LogP contribution < -0.4 is 0 Å². The van der Waals surface area contributed by atoms with Gasteiger partial charge in [-0.3, -0.25) is 0 Å². The van der Waals surface area contributed by atoms with E-state index in [4.69, 9.17) is 0 Å². The zero-order valence-corrected chi connectivity index (χ0v) is 8.89. The molecular formula is C9H17NO2S. The average Bonchev–Trinajstić information content (AvgIpc) is 2.18. The standard InChI is InChI=1S/C9H17NO2S/c1-3-13(11,12)10(2)9-7-5-4-6-8-9/h3,9H,1,4-8H2,2H3. The van der Waals surface area contributed by atoms with Gasteiger partial charge < -0.3 is 0 Å². The quantitative estimate of drug-likeness (QED) is 0.700. The Balaban J connectivity index is 2.65. The van der Waals surface area contributed by atoms with Gasteiger partial charge in [-0.2, -0.15) is 4.31 Å². The Bertz CT molecular complexity index is 265. The van der Waals surface area contributed by atoms with Gasteiger partial charge >= 0.3 is 0 Å². The molecule has 0 spiro atoms. The molecule has 0 N–H and O–H groups in total. The summed E-state index contributed by atoms with van der Waals surface area (Å²) in [4.78, 5) is 0. The fraction of sp³-hybridized carbons (Fsp3) is 0.778. The van der Waals surface area contributed by atoms with Gasteiger partial charge in [0, 0.05) is 18.5 Å². The zero-order chi connectivity index (χ0) is 9.90. The van der Waals surface area contributed by atoms with Crippen molar-refractivity contribution >= 4 is 10.0 Å². The molecule has 0 heterocycles. The first-order valence-corrected chi connectivity index (χ1v) is 6.18. The molecule has 1 aliphatic rings. The summed E-state index contributed by atoms with van der Waals surface area (Å²) in [6.07, 6.45) is 5.49. The first kappa shape index (κ1) is 10.7. The Hall–Kier alpha value is -0.350. The molecule has 0 amide bonds. The predicted octanol–water partition coefficient (Wildman–Crippen LogP) is 1.72. The predicted molar refractivity (Wildman–Crippen MR) is 53.8 cm³/mol. The Morgan fingerprint density at radius 3 is 2.31 bits per heavy atom. The van der Waals surface area contributed by atoms with Crippen LogP contribution in [0.4, 0.5) is 0 Å². The lowest BCUT2D eigenvalue weighted by Crippen LogP contribution is -2.36. The van der Waals surface area contributed by atoms with E-state index >= 15 is 0 Å². The van der Waals surface area contributed by atoms with Crippen molar-refractivity contribution in [3.8, 4) is 0 Å². The highest BCUT2D eigenvalue weighted by Crippen LogP contribution is 2.23. The van der Waals surface area contributed by atoms with E-state index in [1.807, 2.05) is 0 Å². The summed E-state index contributed by atoms with van der Waals surface area (Å²) in [6, 6.07) is 0.191. The molecule has 76 valence electrons. The second-order valence-corrected chi connectivity index (χ2v) is 5.46. The SMILES string of the molecule is C=CS(=O)(=O)N(C)C1CCCCC1. The van der Waals surface area contributed by atoms with Crippen LogP contribution >= 0.6 is 0 Å². The van der Waals surface area contributed by atoms with Crippen LogP contribution in [0.1, 0.15) is 32.1 Å². The summed E-state index contributed by atoms with van der Waals surface area (Å²) in [5, 5.41) is 1.03. The van der Waals surface area contributed by atoms with Gasteiger partial charge in [-0.1, -0.05) is 25.8 Å². The molecule has 0 unspecified atom stereocenters. The monoisotopic (exact) mass is 203 g/mol. The molecule has 13 heavy (non-hydrogen) atoms. The summed E-state index contributed by atoms with van der Waals surface area (Å²) in [5.41, 5.74) is 0. The summed E-state index contributed by atoms with van der Waals surface area (Å²) in [5.74, 6) is 0. The van der Waals surface area contributed by atoms with Crippen LogP contribution in [0.25, 0.3) is 0 Å². The van der Waals surface area contributed by atoms with Crippen molar-refractivity contribution in [3.05, 3.63) is 12.0 Å². The third-order valence-corrected chi connectivity index (χ3v) is 4.22. The minimum atomic E-state index is -3.20. The molecule has 0 aromatic heterocycles. The molecule has 1 aliphatic carbocycles. The Morgan fingerprint density at radius 2 is 1.85 bits per heavy atom. The van der Waals surface area contributed by atoms with Crippen LogP contribution in [0, 0.1) is 0 Å². The highest BCUT2D eigenvalue weighted by atomic mass is 32.2. The summed E-state index contributed by atoms with van der Waals surface area (Å²) in [6.45, 7) is 3.32. The molecule has 0 radical (unpaired) electrons. The van der Waals surface area contributed by atoms with E-state index in [0.717, 1.165) is 31.1 Å². The lowest BCUT2D eigenvalue weighted by atomic mass is 9.96. The van der Waals surface area contributed by atoms with E-state index in [1.54, 1.807) is 7.05 Å². The third kappa shape index (κ3) is 2.54. The first-order valence-electron chi connectivity index (χ1n) is 4.68. The van der Waals surface area contributed by atoms with E-state index in [1.165, 1.54) is 10.7 Å². The molecule has 1 saturated carbocycles. The van der Waals surface area contributed by atoms with Crippen LogP contribution in [0.3, 0.4) is 0 Å². The van der Waals surface area contributed by atoms with Gasteiger partial charge in [-0.25, -0.2) is 8.42 Å². The van der Waals surface area contributed by atoms with Crippen molar-refractivity contribution in [1.82, 2.24) is 4.31 Å². The van der Waals surface area contributed by atoms with E-state index in [9.17, 15) is 8.42 Å². The lowest BCUT2D eigenvalue weighted by molar-refractivity contribution is 0.288. The topological polar surface area (TPSA) is 37.4 Å². The van der Waals surface area contributed by atoms with Crippen molar-refractivity contribution in [3.63, 3.8) is 0 Å². The molecule has 0 aromatic rings. The van der Waals surface area contributed by atoms with Gasteiger partial charge in [-0.15, -0.1) is 0 Å². The smallest absolute Gasteiger partial charge is 0.208 e. The minimum Gasteiger partial charge on any atom is -0.208 e. The van der Waals surface area contributed by atoms with Gasteiger partial charge in [-0.05, 0) is 12.8 Å². The van der Waals surface area contributed by atoms with Gasteiger partial charge in [0.1, 0.15) is 0 Å². The number of hydrogen-bond donors (Lipinski definition) is 0. The van der Waals surface area contributed by atoms with Crippen molar-refractivity contribution < 1.29 is 8.42 Å². The highest BCUT2D eigenvalue weighted by molar-refractivity contribution is 7.92. The summed E-state index contributed by atoms with van der Waals surface area (Å²) in [7, 11) is -1.55. The van der Waals surface area contributed by atoms with Gasteiger partial charge in [0.15, 0.2) is 0 Å². The molecule has 0 aromatic carbocycles. The van der Waals surface area contributed by atoms with Crippen LogP contribution in [-0.2, 0) is 10.0 Å². The number of hydrogen-bond acceptors (Lipinski definition) is 2. The Morgan fingerprint density at radius 1 is 1.31 bits per heavy atom. The van der Waals surface area contributed by atoms with E-state index in [2.05, 4.69) is 6.58 Å². The van der Waals surface area contributed by atoms with Crippen LogP contribution in [-0.4, -0.2) is 25.8 Å². The first-order chi connectivity index (χ1) is 6.08. The van der Waals surface area contributed by atoms with E-state index < -0.39 is 10.0 Å². The largest absolute Gasteiger partial charge is 0.235 e. The fourth-order valence-electron chi connectivity index (χ4n) is 1.77. The number of sulfonamides is 1. The van der Waals surface area contributed by atoms with Gasteiger partial charge in [0.25, 0.3) is 0 Å². The molecule has 1 rings (SSSR count). The summed E-state index contributed by atoms with van der Waals surface area (Å²) >= 11 is 0. The molecule has 4 heteroatoms. The zero-order valence-electron chi connectivity index (χ0n) is 8.07. The maximum atomic E-state index is 11.4. The maximum Gasteiger partial charge on any atom is 0.235 e. The molecule has 3 nitrogen and oxygen atoms in total. The lowest BCUT2D eigenvalue weighted by Gasteiger charge is -2.29. The fourth-order valence-corrected chi connectivity index (χ4v) is 2.63. The molecule has 1 fully saturated rings. The van der Waals surface area contributed by atoms with Gasteiger partial charge in [0.05, 0.1) is 0 Å². The van der Waals surface area contributed by atoms with Crippen LogP contribution in [0.2, 0.25) is 0 Å². The molecule has 0 aliphatic heterocycles. The second-order valence-electron chi connectivity index (χ2n) is 3.52. The maximum absolute atomic E-state index is 11.4. The minimum absolute atomic E-state index is 0.191. The van der Waals surface area contributed by atoms with Gasteiger partial charge in [0.2, 0.25) is 10.0 Å². The third-order valence-electron chi connectivity index (χ3n) is 2.70. The Kier molecular flexibility index (Phi) is 3.50. The van der Waals surface area contributed by atoms with Crippen molar-refractivity contribution in [2.75, 3.05) is 7.05 Å². The normalized spacial score (nSPS) is 20.5. The van der Waals surface area contributed by atoms with Crippen molar-refractivity contribution in [2.45, 2.75) is 38.1 Å². The Labute approximate surface area is 80.5 Å². The van der Waals surface area contributed by atoms with Crippen LogP contribution in [0.5, 0.6) is 0 Å². The molecule has 0 bridgehead atoms. The molecule has 0 atom stereocenters. The molecular weight excluding hydrogens is 186 g/mol. The average molecular weight is 203 g/mol. The van der Waals surface area contributed by atoms with E-state index in [-0.39, 0.29) is 6.04 Å².